The maximum Gasteiger partial charge on any atom is 0.221 e. The Hall–Kier alpha value is -0.0800. The summed E-state index contributed by atoms with van der Waals surface area (Å²) >= 11 is 10.8. The average Bonchev–Trinajstić information content (AvgIpc) is 2.59. The second-order valence-electron chi connectivity index (χ2n) is 8.39. The molecule has 0 amide bonds. The Kier molecular flexibility index (Phi) is 19.2. The van der Waals surface area contributed by atoms with Crippen LogP contribution in [0.2, 0.25) is 0 Å². The molecule has 160 valence electrons. The smallest absolute Gasteiger partial charge is 0.221 e. The molecule has 0 aliphatic carbocycles. The maximum atomic E-state index is 10.9. The van der Waals surface area contributed by atoms with E-state index in [0.29, 0.717) is 24.7 Å². The summed E-state index contributed by atoms with van der Waals surface area (Å²) in [5, 5.41) is -0.388. The fraction of sp³-hybridized carbons (Fsp3) is 0.913. The minimum absolute atomic E-state index is 0.191. The van der Waals surface area contributed by atoms with Crippen LogP contribution >= 0.6 is 23.2 Å². The Labute approximate surface area is 178 Å². The molecule has 0 N–H and O–H groups in total. The zero-order valence-corrected chi connectivity index (χ0v) is 19.3. The van der Waals surface area contributed by atoms with E-state index in [2.05, 4.69) is 13.8 Å². The fourth-order valence-electron chi connectivity index (χ4n) is 3.72. The van der Waals surface area contributed by atoms with E-state index >= 15 is 0 Å². The molecule has 0 bridgehead atoms. The van der Waals surface area contributed by atoms with Crippen molar-refractivity contribution in [3.05, 3.63) is 0 Å². The Morgan fingerprint density at radius 2 is 0.926 bits per heavy atom. The lowest BCUT2D eigenvalue weighted by molar-refractivity contribution is -0.112. The summed E-state index contributed by atoms with van der Waals surface area (Å²) in [5.41, 5.74) is 0. The lowest BCUT2D eigenvalue weighted by Gasteiger charge is -2.20. The first-order chi connectivity index (χ1) is 12.9. The molecule has 0 fully saturated rings. The summed E-state index contributed by atoms with van der Waals surface area (Å²) in [6.07, 6.45) is 20.0. The largest absolute Gasteiger partial charge is 0.281 e. The van der Waals surface area contributed by atoms with Crippen LogP contribution in [0, 0.1) is 11.8 Å². The van der Waals surface area contributed by atoms with Crippen molar-refractivity contribution in [1.29, 1.82) is 0 Å². The van der Waals surface area contributed by atoms with Gasteiger partial charge in [0.15, 0.2) is 0 Å². The molecular formula is C23H42Cl2O2. The lowest BCUT2D eigenvalue weighted by Crippen LogP contribution is -2.10. The van der Waals surface area contributed by atoms with Gasteiger partial charge in [-0.25, -0.2) is 0 Å². The topological polar surface area (TPSA) is 34.1 Å². The summed E-state index contributed by atoms with van der Waals surface area (Å²) < 4.78 is 0. The van der Waals surface area contributed by atoms with E-state index in [0.717, 1.165) is 19.3 Å². The fourth-order valence-corrected chi connectivity index (χ4v) is 3.97. The third-order valence-electron chi connectivity index (χ3n) is 5.60. The first-order valence-corrected chi connectivity index (χ1v) is 12.1. The van der Waals surface area contributed by atoms with Crippen LogP contribution in [0.4, 0.5) is 0 Å². The molecule has 0 saturated carbocycles. The van der Waals surface area contributed by atoms with Gasteiger partial charge >= 0.3 is 0 Å². The Bertz CT molecular complexity index is 369. The minimum Gasteiger partial charge on any atom is -0.281 e. The molecule has 0 aromatic heterocycles. The number of carbonyl (C=O) groups is 2. The van der Waals surface area contributed by atoms with Crippen molar-refractivity contribution in [2.75, 3.05) is 0 Å². The van der Waals surface area contributed by atoms with Crippen molar-refractivity contribution in [2.24, 2.45) is 11.8 Å². The van der Waals surface area contributed by atoms with E-state index in [1.54, 1.807) is 0 Å². The zero-order valence-electron chi connectivity index (χ0n) is 17.7. The van der Waals surface area contributed by atoms with Gasteiger partial charge in [0, 0.05) is 12.8 Å². The molecule has 0 heterocycles. The highest BCUT2D eigenvalue weighted by atomic mass is 35.5. The highest BCUT2D eigenvalue weighted by Gasteiger charge is 2.14. The van der Waals surface area contributed by atoms with Crippen molar-refractivity contribution >= 4 is 33.7 Å². The number of hydrogen-bond acceptors (Lipinski definition) is 2. The molecule has 1 unspecified atom stereocenters. The van der Waals surface area contributed by atoms with E-state index in [4.69, 9.17) is 23.2 Å². The maximum absolute atomic E-state index is 10.9. The molecule has 27 heavy (non-hydrogen) atoms. The van der Waals surface area contributed by atoms with Gasteiger partial charge in [0.25, 0.3) is 0 Å². The quantitative estimate of drug-likeness (QED) is 0.146. The molecule has 1 atom stereocenters. The van der Waals surface area contributed by atoms with Crippen LogP contribution in [-0.4, -0.2) is 10.5 Å². The van der Waals surface area contributed by atoms with Crippen molar-refractivity contribution in [3.8, 4) is 0 Å². The van der Waals surface area contributed by atoms with Gasteiger partial charge in [-0.3, -0.25) is 9.59 Å². The standard InChI is InChI=1S/C23H42Cl2O2/c1-20(2)21(18-19-23(25)27)16-14-12-10-8-6-4-3-5-7-9-11-13-15-17-22(24)26/h20-21H,3-19H2,1-2H3. The van der Waals surface area contributed by atoms with Crippen molar-refractivity contribution in [1.82, 2.24) is 0 Å². The van der Waals surface area contributed by atoms with E-state index in [9.17, 15) is 9.59 Å². The van der Waals surface area contributed by atoms with Crippen LogP contribution in [-0.2, 0) is 9.59 Å². The summed E-state index contributed by atoms with van der Waals surface area (Å²) in [5.74, 6) is 1.28. The molecular weight excluding hydrogens is 379 g/mol. The first-order valence-electron chi connectivity index (χ1n) is 11.3. The summed E-state index contributed by atoms with van der Waals surface area (Å²) in [7, 11) is 0. The van der Waals surface area contributed by atoms with Gasteiger partial charge in [0.05, 0.1) is 0 Å². The number of halogens is 2. The van der Waals surface area contributed by atoms with Crippen LogP contribution in [0.25, 0.3) is 0 Å². The van der Waals surface area contributed by atoms with E-state index in [1.165, 1.54) is 77.0 Å². The van der Waals surface area contributed by atoms with Crippen molar-refractivity contribution in [2.45, 2.75) is 123 Å². The SMILES string of the molecule is CC(C)C(CCCCCCCCCCCCCCCC(=O)Cl)CCC(=O)Cl. The highest BCUT2D eigenvalue weighted by Crippen LogP contribution is 2.24. The van der Waals surface area contributed by atoms with Crippen LogP contribution in [0.5, 0.6) is 0 Å². The molecule has 0 aromatic rings. The van der Waals surface area contributed by atoms with Gasteiger partial charge in [-0.1, -0.05) is 97.3 Å². The lowest BCUT2D eigenvalue weighted by atomic mass is 9.86. The summed E-state index contributed by atoms with van der Waals surface area (Å²) in [6, 6.07) is 0. The molecule has 0 saturated heterocycles. The predicted molar refractivity (Wildman–Crippen MR) is 119 cm³/mol. The minimum atomic E-state index is -0.197. The van der Waals surface area contributed by atoms with E-state index in [-0.39, 0.29) is 10.5 Å². The third-order valence-corrected chi connectivity index (χ3v) is 5.98. The Morgan fingerprint density at radius 1 is 0.556 bits per heavy atom. The van der Waals surface area contributed by atoms with Crippen LogP contribution in [0.15, 0.2) is 0 Å². The van der Waals surface area contributed by atoms with Gasteiger partial charge in [-0.2, -0.15) is 0 Å². The number of hydrogen-bond donors (Lipinski definition) is 0. The van der Waals surface area contributed by atoms with Crippen molar-refractivity contribution < 1.29 is 9.59 Å². The number of rotatable bonds is 20. The third kappa shape index (κ3) is 20.5. The average molecular weight is 421 g/mol. The zero-order chi connectivity index (χ0) is 20.3. The van der Waals surface area contributed by atoms with Gasteiger partial charge < -0.3 is 0 Å². The van der Waals surface area contributed by atoms with E-state index in [1.807, 2.05) is 0 Å². The van der Waals surface area contributed by atoms with Gasteiger partial charge in [0.2, 0.25) is 10.5 Å². The number of carbonyl (C=O) groups excluding carboxylic acids is 2. The van der Waals surface area contributed by atoms with Crippen LogP contribution < -0.4 is 0 Å². The van der Waals surface area contributed by atoms with Gasteiger partial charge in [0.1, 0.15) is 0 Å². The Balaban J connectivity index is 3.32. The molecule has 0 radical (unpaired) electrons. The molecule has 0 aliphatic rings. The second-order valence-corrected chi connectivity index (χ2v) is 9.23. The predicted octanol–water partition coefficient (Wildman–Crippen LogP) is 8.42. The normalized spacial score (nSPS) is 12.5. The number of unbranched alkanes of at least 4 members (excludes halogenated alkanes) is 12. The van der Waals surface area contributed by atoms with E-state index < -0.39 is 0 Å². The molecule has 4 heteroatoms. The monoisotopic (exact) mass is 420 g/mol. The van der Waals surface area contributed by atoms with Crippen molar-refractivity contribution in [3.63, 3.8) is 0 Å². The Morgan fingerprint density at radius 3 is 1.30 bits per heavy atom. The molecule has 0 aliphatic heterocycles. The summed E-state index contributed by atoms with van der Waals surface area (Å²) in [4.78, 5) is 21.6. The van der Waals surface area contributed by atoms with Gasteiger partial charge in [-0.15, -0.1) is 0 Å². The molecule has 0 rings (SSSR count). The summed E-state index contributed by atoms with van der Waals surface area (Å²) in [6.45, 7) is 4.51. The second kappa shape index (κ2) is 19.2. The van der Waals surface area contributed by atoms with Gasteiger partial charge in [-0.05, 0) is 47.9 Å². The highest BCUT2D eigenvalue weighted by molar-refractivity contribution is 6.63. The first kappa shape index (κ1) is 26.9. The molecule has 2 nitrogen and oxygen atoms in total. The van der Waals surface area contributed by atoms with Crippen LogP contribution in [0.3, 0.4) is 0 Å². The molecule has 0 aromatic carbocycles. The molecule has 0 spiro atoms. The van der Waals surface area contributed by atoms with Crippen LogP contribution in [0.1, 0.15) is 123 Å².